The van der Waals surface area contributed by atoms with Crippen LogP contribution < -0.4 is 10.1 Å². The van der Waals surface area contributed by atoms with E-state index in [1.165, 1.54) is 0 Å². The molecule has 0 bridgehead atoms. The highest BCUT2D eigenvalue weighted by Gasteiger charge is 2.08. The third-order valence-electron chi connectivity index (χ3n) is 2.46. The lowest BCUT2D eigenvalue weighted by atomic mass is 10.1. The predicted octanol–water partition coefficient (Wildman–Crippen LogP) is 0.699. The van der Waals surface area contributed by atoms with E-state index in [0.717, 1.165) is 11.3 Å². The van der Waals surface area contributed by atoms with Gasteiger partial charge < -0.3 is 20.3 Å². The van der Waals surface area contributed by atoms with E-state index in [9.17, 15) is 5.11 Å². The van der Waals surface area contributed by atoms with Crippen molar-refractivity contribution in [3.8, 4) is 5.75 Å². The molecule has 0 spiro atoms. The first-order valence-electron chi connectivity index (χ1n) is 5.33. The van der Waals surface area contributed by atoms with Gasteiger partial charge in [0, 0.05) is 12.6 Å². The molecule has 90 valence electrons. The lowest BCUT2D eigenvalue weighted by Crippen LogP contribution is -2.31. The Morgan fingerprint density at radius 3 is 2.81 bits per heavy atom. The van der Waals surface area contributed by atoms with Crippen LogP contribution in [0.5, 0.6) is 5.75 Å². The van der Waals surface area contributed by atoms with E-state index < -0.39 is 6.10 Å². The lowest BCUT2D eigenvalue weighted by molar-refractivity contribution is 0.0924. The van der Waals surface area contributed by atoms with Crippen LogP contribution in [0.4, 0.5) is 0 Å². The molecule has 0 aliphatic carbocycles. The van der Waals surface area contributed by atoms with Gasteiger partial charge >= 0.3 is 0 Å². The van der Waals surface area contributed by atoms with Crippen LogP contribution in [0.15, 0.2) is 24.3 Å². The number of ether oxygens (including phenoxy) is 1. The van der Waals surface area contributed by atoms with Gasteiger partial charge in [-0.05, 0) is 24.6 Å². The Bertz CT molecular complexity index is 317. The van der Waals surface area contributed by atoms with Crippen LogP contribution in [0.25, 0.3) is 0 Å². The number of nitrogens with one attached hydrogen (secondary N) is 1. The van der Waals surface area contributed by atoms with Crippen molar-refractivity contribution in [1.82, 2.24) is 5.32 Å². The summed E-state index contributed by atoms with van der Waals surface area (Å²) in [6.45, 7) is 2.14. The van der Waals surface area contributed by atoms with E-state index in [-0.39, 0.29) is 12.6 Å². The number of aliphatic hydroxyl groups excluding tert-OH is 2. The first kappa shape index (κ1) is 13.0. The minimum absolute atomic E-state index is 0.108. The highest BCUT2D eigenvalue weighted by molar-refractivity contribution is 5.30. The standard InChI is InChI=1S/C12H19NO3/c1-9(13-7-11(15)8-14)10-4-3-5-12(6-10)16-2/h3-6,9,11,13-15H,7-8H2,1-2H3/t9-,11+/m1/s1. The van der Waals surface area contributed by atoms with Crippen molar-refractivity contribution in [3.05, 3.63) is 29.8 Å². The Labute approximate surface area is 95.9 Å². The first-order valence-corrected chi connectivity index (χ1v) is 5.33. The average Bonchev–Trinajstić information content (AvgIpc) is 2.35. The third kappa shape index (κ3) is 3.81. The second kappa shape index (κ2) is 6.48. The Hall–Kier alpha value is -1.10. The Morgan fingerprint density at radius 1 is 1.44 bits per heavy atom. The molecule has 0 saturated carbocycles. The van der Waals surface area contributed by atoms with E-state index in [1.54, 1.807) is 7.11 Å². The van der Waals surface area contributed by atoms with Crippen LogP contribution in [0.1, 0.15) is 18.5 Å². The number of methoxy groups -OCH3 is 1. The van der Waals surface area contributed by atoms with Crippen LogP contribution in [0.3, 0.4) is 0 Å². The van der Waals surface area contributed by atoms with E-state index in [2.05, 4.69) is 5.32 Å². The minimum atomic E-state index is -0.715. The minimum Gasteiger partial charge on any atom is -0.497 e. The largest absolute Gasteiger partial charge is 0.497 e. The summed E-state index contributed by atoms with van der Waals surface area (Å²) in [7, 11) is 1.63. The summed E-state index contributed by atoms with van der Waals surface area (Å²) in [6.07, 6.45) is -0.715. The molecule has 1 rings (SSSR count). The van der Waals surface area contributed by atoms with Gasteiger partial charge in [-0.2, -0.15) is 0 Å². The van der Waals surface area contributed by atoms with Crippen LogP contribution in [-0.4, -0.2) is 36.6 Å². The van der Waals surface area contributed by atoms with Crippen LogP contribution in [-0.2, 0) is 0 Å². The summed E-state index contributed by atoms with van der Waals surface area (Å²) < 4.78 is 5.13. The molecular formula is C12H19NO3. The molecule has 4 heteroatoms. The SMILES string of the molecule is COc1cccc([C@@H](C)NC[C@H](O)CO)c1. The number of hydrogen-bond donors (Lipinski definition) is 3. The maximum atomic E-state index is 9.22. The van der Waals surface area contributed by atoms with Crippen molar-refractivity contribution in [2.45, 2.75) is 19.1 Å². The van der Waals surface area contributed by atoms with Gasteiger partial charge in [-0.1, -0.05) is 12.1 Å². The topological polar surface area (TPSA) is 61.7 Å². The monoisotopic (exact) mass is 225 g/mol. The Kier molecular flexibility index (Phi) is 5.25. The van der Waals surface area contributed by atoms with Crippen molar-refractivity contribution < 1.29 is 14.9 Å². The van der Waals surface area contributed by atoms with E-state index in [1.807, 2.05) is 31.2 Å². The maximum absolute atomic E-state index is 9.22. The third-order valence-corrected chi connectivity index (χ3v) is 2.46. The number of hydrogen-bond acceptors (Lipinski definition) is 4. The van der Waals surface area contributed by atoms with Crippen molar-refractivity contribution in [1.29, 1.82) is 0 Å². The molecule has 0 aromatic heterocycles. The van der Waals surface area contributed by atoms with Crippen molar-refractivity contribution in [3.63, 3.8) is 0 Å². The fourth-order valence-corrected chi connectivity index (χ4v) is 1.41. The van der Waals surface area contributed by atoms with Gasteiger partial charge in [0.25, 0.3) is 0 Å². The molecule has 2 atom stereocenters. The second-order valence-corrected chi connectivity index (χ2v) is 3.74. The molecule has 0 unspecified atom stereocenters. The van der Waals surface area contributed by atoms with Crippen molar-refractivity contribution >= 4 is 0 Å². The first-order chi connectivity index (χ1) is 7.67. The maximum Gasteiger partial charge on any atom is 0.119 e. The van der Waals surface area contributed by atoms with Crippen LogP contribution in [0, 0.1) is 0 Å². The summed E-state index contributed by atoms with van der Waals surface area (Å²) in [5, 5.41) is 21.0. The van der Waals surface area contributed by atoms with Crippen molar-refractivity contribution in [2.24, 2.45) is 0 Å². The van der Waals surface area contributed by atoms with Gasteiger partial charge in [0.15, 0.2) is 0 Å². The van der Waals surface area contributed by atoms with Gasteiger partial charge in [-0.15, -0.1) is 0 Å². The zero-order chi connectivity index (χ0) is 12.0. The molecule has 1 aromatic rings. The zero-order valence-electron chi connectivity index (χ0n) is 9.68. The van der Waals surface area contributed by atoms with Gasteiger partial charge in [0.2, 0.25) is 0 Å². The molecule has 0 heterocycles. The van der Waals surface area contributed by atoms with Gasteiger partial charge in [0.1, 0.15) is 5.75 Å². The second-order valence-electron chi connectivity index (χ2n) is 3.74. The van der Waals surface area contributed by atoms with E-state index in [4.69, 9.17) is 9.84 Å². The summed E-state index contributed by atoms with van der Waals surface area (Å²) in [5.74, 6) is 0.814. The molecule has 1 aromatic carbocycles. The molecule has 16 heavy (non-hydrogen) atoms. The smallest absolute Gasteiger partial charge is 0.119 e. The van der Waals surface area contributed by atoms with E-state index >= 15 is 0 Å². The molecule has 3 N–H and O–H groups in total. The van der Waals surface area contributed by atoms with Gasteiger partial charge in [-0.3, -0.25) is 0 Å². The fraction of sp³-hybridized carbons (Fsp3) is 0.500. The summed E-state index contributed by atoms with van der Waals surface area (Å²) >= 11 is 0. The van der Waals surface area contributed by atoms with Crippen LogP contribution in [0.2, 0.25) is 0 Å². The number of benzene rings is 1. The molecular weight excluding hydrogens is 206 g/mol. The Balaban J connectivity index is 2.54. The van der Waals surface area contributed by atoms with Crippen molar-refractivity contribution in [2.75, 3.05) is 20.3 Å². The predicted molar refractivity (Wildman–Crippen MR) is 62.5 cm³/mol. The van der Waals surface area contributed by atoms with Gasteiger partial charge in [-0.25, -0.2) is 0 Å². The number of rotatable bonds is 6. The highest BCUT2D eigenvalue weighted by atomic mass is 16.5. The molecule has 0 aliphatic rings. The summed E-state index contributed by atoms with van der Waals surface area (Å²) in [4.78, 5) is 0. The number of aliphatic hydroxyl groups is 2. The normalized spacial score (nSPS) is 14.5. The highest BCUT2D eigenvalue weighted by Crippen LogP contribution is 2.18. The fourth-order valence-electron chi connectivity index (χ4n) is 1.41. The zero-order valence-corrected chi connectivity index (χ0v) is 9.68. The quantitative estimate of drug-likeness (QED) is 0.667. The molecule has 4 nitrogen and oxygen atoms in total. The molecule has 0 fully saturated rings. The Morgan fingerprint density at radius 2 is 2.19 bits per heavy atom. The van der Waals surface area contributed by atoms with Gasteiger partial charge in [0.05, 0.1) is 19.8 Å². The lowest BCUT2D eigenvalue weighted by Gasteiger charge is -2.16. The van der Waals surface area contributed by atoms with Crippen LogP contribution >= 0.6 is 0 Å². The summed E-state index contributed by atoms with van der Waals surface area (Å²) in [6, 6.07) is 7.86. The average molecular weight is 225 g/mol. The molecule has 0 radical (unpaired) electrons. The molecule has 0 amide bonds. The van der Waals surface area contributed by atoms with E-state index in [0.29, 0.717) is 6.54 Å². The molecule has 0 aliphatic heterocycles. The summed E-state index contributed by atoms with van der Waals surface area (Å²) in [5.41, 5.74) is 1.09. The molecule has 0 saturated heterocycles.